The van der Waals surface area contributed by atoms with E-state index in [2.05, 4.69) is 10.3 Å². The van der Waals surface area contributed by atoms with Gasteiger partial charge >= 0.3 is 12.3 Å². The number of carbonyl (C=O) groups is 1. The van der Waals surface area contributed by atoms with Crippen molar-refractivity contribution < 1.29 is 32.9 Å². The van der Waals surface area contributed by atoms with Crippen LogP contribution in [-0.4, -0.2) is 39.5 Å². The van der Waals surface area contributed by atoms with Gasteiger partial charge in [0.2, 0.25) is 0 Å². The van der Waals surface area contributed by atoms with Crippen LogP contribution < -0.4 is 11.1 Å². The minimum absolute atomic E-state index is 0.375. The van der Waals surface area contributed by atoms with E-state index < -0.39 is 47.9 Å². The highest BCUT2D eigenvalue weighted by Gasteiger charge is 2.38. The average Bonchev–Trinajstić information content (AvgIpc) is 2.41. The molecular weight excluding hydrogens is 331 g/mol. The third-order valence-electron chi connectivity index (χ3n) is 2.75. The maximum Gasteiger partial charge on any atom is 0.433 e. The summed E-state index contributed by atoms with van der Waals surface area (Å²) in [4.78, 5) is 14.6. The molecule has 0 saturated carbocycles. The van der Waals surface area contributed by atoms with Crippen LogP contribution in [0, 0.1) is 0 Å². The van der Waals surface area contributed by atoms with Crippen LogP contribution in [0.1, 0.15) is 38.1 Å². The molecule has 136 valence electrons. The smallest absolute Gasteiger partial charge is 0.433 e. The lowest BCUT2D eigenvalue weighted by Gasteiger charge is -2.23. The highest BCUT2D eigenvalue weighted by molar-refractivity contribution is 5.67. The highest BCUT2D eigenvalue weighted by Crippen LogP contribution is 2.34. The normalized spacial score (nSPS) is 14.8. The number of anilines is 1. The summed E-state index contributed by atoms with van der Waals surface area (Å²) in [6, 6.07) is 1.99. The van der Waals surface area contributed by atoms with Gasteiger partial charge in [-0.3, -0.25) is 0 Å². The van der Waals surface area contributed by atoms with Gasteiger partial charge in [0.15, 0.2) is 5.69 Å². The molecule has 1 aromatic rings. The van der Waals surface area contributed by atoms with Crippen LogP contribution in [0.2, 0.25) is 0 Å². The number of hydrogen-bond acceptors (Lipinski definition) is 6. The van der Waals surface area contributed by atoms with Crippen molar-refractivity contribution >= 4 is 11.9 Å². The third kappa shape index (κ3) is 5.85. The van der Waals surface area contributed by atoms with Gasteiger partial charge in [-0.2, -0.15) is 13.2 Å². The topological polar surface area (TPSA) is 118 Å². The van der Waals surface area contributed by atoms with Crippen molar-refractivity contribution in [3.05, 3.63) is 23.4 Å². The fourth-order valence-electron chi connectivity index (χ4n) is 1.77. The van der Waals surface area contributed by atoms with Gasteiger partial charge in [-0.25, -0.2) is 9.78 Å². The molecule has 0 aliphatic carbocycles. The molecule has 0 radical (unpaired) electrons. The Morgan fingerprint density at radius 3 is 2.42 bits per heavy atom. The number of pyridine rings is 1. The van der Waals surface area contributed by atoms with Gasteiger partial charge < -0.3 is 26.0 Å². The monoisotopic (exact) mass is 351 g/mol. The number of aliphatic hydroxyl groups is 2. The Labute approximate surface area is 136 Å². The molecule has 0 fully saturated rings. The molecule has 24 heavy (non-hydrogen) atoms. The second kappa shape index (κ2) is 7.22. The maximum absolute atomic E-state index is 13.0. The highest BCUT2D eigenvalue weighted by atomic mass is 19.4. The van der Waals surface area contributed by atoms with Crippen LogP contribution in [-0.2, 0) is 10.9 Å². The summed E-state index contributed by atoms with van der Waals surface area (Å²) in [5.74, 6) is -0.375. The lowest BCUT2D eigenvalue weighted by molar-refractivity contribution is -0.143. The van der Waals surface area contributed by atoms with Gasteiger partial charge in [0.1, 0.15) is 23.6 Å². The zero-order chi connectivity index (χ0) is 18.7. The Kier molecular flexibility index (Phi) is 6.01. The predicted molar refractivity (Wildman–Crippen MR) is 78.9 cm³/mol. The lowest BCUT2D eigenvalue weighted by Crippen LogP contribution is -2.39. The minimum atomic E-state index is -4.86. The number of halogens is 3. The summed E-state index contributed by atoms with van der Waals surface area (Å²) in [6.07, 6.45) is -9.36. The molecule has 1 heterocycles. The van der Waals surface area contributed by atoms with E-state index in [0.717, 1.165) is 12.1 Å². The summed E-state index contributed by atoms with van der Waals surface area (Å²) >= 11 is 0. The molecule has 7 nitrogen and oxygen atoms in total. The molecule has 0 aliphatic rings. The van der Waals surface area contributed by atoms with E-state index in [1.54, 1.807) is 20.8 Å². The zero-order valence-electron chi connectivity index (χ0n) is 13.4. The third-order valence-corrected chi connectivity index (χ3v) is 2.75. The number of ether oxygens (including phenoxy) is 1. The van der Waals surface area contributed by atoms with Gasteiger partial charge in [0.25, 0.3) is 0 Å². The Balaban J connectivity index is 2.83. The van der Waals surface area contributed by atoms with Gasteiger partial charge in [-0.15, -0.1) is 0 Å². The summed E-state index contributed by atoms with van der Waals surface area (Å²) in [7, 11) is 0. The number of aromatic nitrogens is 1. The summed E-state index contributed by atoms with van der Waals surface area (Å²) in [6.45, 7) is 4.34. The molecule has 10 heteroatoms. The Hall–Kier alpha value is -2.07. The number of alkyl halides is 3. The lowest BCUT2D eigenvalue weighted by atomic mass is 10.0. The van der Waals surface area contributed by atoms with Crippen molar-refractivity contribution in [1.82, 2.24) is 10.3 Å². The van der Waals surface area contributed by atoms with E-state index in [4.69, 9.17) is 10.5 Å². The first-order valence-corrected chi connectivity index (χ1v) is 6.98. The van der Waals surface area contributed by atoms with E-state index in [9.17, 15) is 28.2 Å². The molecule has 0 spiro atoms. The van der Waals surface area contributed by atoms with Gasteiger partial charge in [-0.05, 0) is 26.8 Å². The van der Waals surface area contributed by atoms with Crippen LogP contribution in [0.25, 0.3) is 0 Å². The average molecular weight is 351 g/mol. The fraction of sp³-hybridized carbons (Fsp3) is 0.571. The first kappa shape index (κ1) is 20.0. The van der Waals surface area contributed by atoms with E-state index in [0.29, 0.717) is 0 Å². The van der Waals surface area contributed by atoms with E-state index >= 15 is 0 Å². The molecule has 0 aromatic carbocycles. The Morgan fingerprint density at radius 2 is 1.92 bits per heavy atom. The Morgan fingerprint density at radius 1 is 1.33 bits per heavy atom. The number of nitrogens with one attached hydrogen (secondary N) is 1. The number of aliphatic hydroxyl groups excluding tert-OH is 2. The largest absolute Gasteiger partial charge is 0.444 e. The van der Waals surface area contributed by atoms with Crippen LogP contribution in [0.15, 0.2) is 12.1 Å². The molecule has 0 saturated heterocycles. The molecule has 5 N–H and O–H groups in total. The van der Waals surface area contributed by atoms with Gasteiger partial charge in [0, 0.05) is 12.1 Å². The fourth-order valence-corrected chi connectivity index (χ4v) is 1.77. The molecule has 0 bridgehead atoms. The van der Waals surface area contributed by atoms with Crippen molar-refractivity contribution in [2.75, 3.05) is 12.3 Å². The number of nitrogen functional groups attached to an aromatic ring is 1. The molecule has 1 rings (SSSR count). The number of alkyl carbamates (subject to hydrolysis) is 1. The van der Waals surface area contributed by atoms with Crippen LogP contribution >= 0.6 is 0 Å². The number of amides is 1. The van der Waals surface area contributed by atoms with Gasteiger partial charge in [-0.1, -0.05) is 6.07 Å². The van der Waals surface area contributed by atoms with E-state index in [1.165, 1.54) is 0 Å². The van der Waals surface area contributed by atoms with Crippen molar-refractivity contribution in [3.8, 4) is 0 Å². The summed E-state index contributed by atoms with van der Waals surface area (Å²) in [5.41, 5.74) is 2.41. The van der Waals surface area contributed by atoms with Crippen LogP contribution in [0.4, 0.5) is 23.8 Å². The van der Waals surface area contributed by atoms with Crippen LogP contribution in [0.3, 0.4) is 0 Å². The quantitative estimate of drug-likeness (QED) is 0.654. The zero-order valence-corrected chi connectivity index (χ0v) is 13.4. The molecular formula is C14H20F3N3O4. The standard InChI is InChI=1S/C14H20F3N3O4/c1-13(2,3)24-12(23)19-6-8(21)10(22)7-4-5-9(18)20-11(7)14(15,16)17/h4-5,8,10,21-22H,6H2,1-3H3,(H2,18,20)(H,19,23). The second-order valence-corrected chi connectivity index (χ2v) is 6.07. The van der Waals surface area contributed by atoms with Gasteiger partial charge in [0.05, 0.1) is 0 Å². The molecule has 1 amide bonds. The Bertz CT molecular complexity index is 588. The maximum atomic E-state index is 13.0. The molecule has 2 unspecified atom stereocenters. The van der Waals surface area contributed by atoms with Crippen molar-refractivity contribution in [1.29, 1.82) is 0 Å². The second-order valence-electron chi connectivity index (χ2n) is 6.07. The number of rotatable bonds is 4. The van der Waals surface area contributed by atoms with E-state index in [-0.39, 0.29) is 5.82 Å². The summed E-state index contributed by atoms with van der Waals surface area (Å²) in [5, 5.41) is 21.9. The minimum Gasteiger partial charge on any atom is -0.444 e. The van der Waals surface area contributed by atoms with E-state index in [1.807, 2.05) is 0 Å². The molecule has 2 atom stereocenters. The number of nitrogens with zero attached hydrogens (tertiary/aromatic N) is 1. The van der Waals surface area contributed by atoms with Crippen molar-refractivity contribution in [3.63, 3.8) is 0 Å². The first-order valence-electron chi connectivity index (χ1n) is 6.98. The molecule has 1 aromatic heterocycles. The predicted octanol–water partition coefficient (Wildman–Crippen LogP) is 1.60. The van der Waals surface area contributed by atoms with Crippen molar-refractivity contribution in [2.45, 2.75) is 44.8 Å². The first-order chi connectivity index (χ1) is 10.8. The number of hydrogen-bond donors (Lipinski definition) is 4. The molecule has 0 aliphatic heterocycles. The summed E-state index contributed by atoms with van der Waals surface area (Å²) < 4.78 is 43.8. The SMILES string of the molecule is CC(C)(C)OC(=O)NCC(O)C(O)c1ccc(N)nc1C(F)(F)F. The number of nitrogens with two attached hydrogens (primary N) is 1. The number of carbonyl (C=O) groups excluding carboxylic acids is 1. The van der Waals surface area contributed by atoms with Crippen molar-refractivity contribution in [2.24, 2.45) is 0 Å². The van der Waals surface area contributed by atoms with Crippen LogP contribution in [0.5, 0.6) is 0 Å².